The molecule has 20 heavy (non-hydrogen) atoms. The average molecular weight is 258 g/mol. The fourth-order valence-electron chi connectivity index (χ4n) is 1.97. The molecule has 0 atom stereocenters. The van der Waals surface area contributed by atoms with Gasteiger partial charge in [0.2, 0.25) is 5.82 Å². The summed E-state index contributed by atoms with van der Waals surface area (Å²) in [7, 11) is 0. The monoisotopic (exact) mass is 258 g/mol. The molecular formula is C14H11LiN4O. The zero-order valence-corrected chi connectivity index (χ0v) is 10.9. The van der Waals surface area contributed by atoms with E-state index in [4.69, 9.17) is 0 Å². The molecule has 0 aliphatic carbocycles. The molecule has 5 nitrogen and oxygen atoms in total. The summed E-state index contributed by atoms with van der Waals surface area (Å²) in [4.78, 5) is 10.9. The fourth-order valence-corrected chi connectivity index (χ4v) is 1.97. The van der Waals surface area contributed by atoms with Gasteiger partial charge in [0.1, 0.15) is 6.29 Å². The van der Waals surface area contributed by atoms with Gasteiger partial charge in [-0.25, -0.2) is 0 Å². The third-order valence-corrected chi connectivity index (χ3v) is 2.85. The second kappa shape index (κ2) is 6.29. The van der Waals surface area contributed by atoms with Crippen LogP contribution in [-0.4, -0.2) is 26.9 Å². The zero-order valence-electron chi connectivity index (χ0n) is 11.9. The summed E-state index contributed by atoms with van der Waals surface area (Å²) in [5.41, 5.74) is 3.37. The molecule has 0 amide bonds. The van der Waals surface area contributed by atoms with Crippen LogP contribution >= 0.6 is 0 Å². The number of aromatic nitrogens is 4. The van der Waals surface area contributed by atoms with E-state index < -0.39 is 0 Å². The number of H-pyrrole nitrogens is 1. The van der Waals surface area contributed by atoms with Crippen LogP contribution in [0.1, 0.15) is 11.8 Å². The van der Waals surface area contributed by atoms with Crippen molar-refractivity contribution in [1.82, 2.24) is 20.6 Å². The average Bonchev–Trinajstić information content (AvgIpc) is 3.01. The largest absolute Gasteiger partial charge is 1.00 e. The van der Waals surface area contributed by atoms with Crippen molar-refractivity contribution >= 4 is 6.29 Å². The first-order chi connectivity index (χ1) is 9.38. The van der Waals surface area contributed by atoms with Crippen molar-refractivity contribution in [3.05, 3.63) is 54.1 Å². The molecule has 0 aliphatic rings. The van der Waals surface area contributed by atoms with Crippen molar-refractivity contribution in [2.24, 2.45) is 0 Å². The van der Waals surface area contributed by atoms with E-state index in [1.165, 1.54) is 0 Å². The number of nitrogens with one attached hydrogen (secondary N) is 1. The number of tetrazole rings is 1. The van der Waals surface area contributed by atoms with Gasteiger partial charge in [0.15, 0.2) is 0 Å². The molecule has 6 heteroatoms. The van der Waals surface area contributed by atoms with Crippen molar-refractivity contribution in [3.63, 3.8) is 0 Å². The van der Waals surface area contributed by atoms with Gasteiger partial charge in [-0.2, -0.15) is 5.21 Å². The molecule has 1 N–H and O–H groups in total. The summed E-state index contributed by atoms with van der Waals surface area (Å²) < 4.78 is 0. The van der Waals surface area contributed by atoms with Gasteiger partial charge in [0, 0.05) is 11.1 Å². The quantitative estimate of drug-likeness (QED) is 0.506. The van der Waals surface area contributed by atoms with E-state index >= 15 is 0 Å². The number of aldehydes is 1. The molecule has 0 aliphatic heterocycles. The Morgan fingerprint density at radius 3 is 2.50 bits per heavy atom. The number of nitrogens with zero attached hydrogens (tertiary/aromatic N) is 3. The first-order valence-electron chi connectivity index (χ1n) is 5.77. The molecule has 0 saturated heterocycles. The minimum absolute atomic E-state index is 0. The molecular weight excluding hydrogens is 247 g/mol. The standard InChI is InChI=1S/C14H10N4O.Li.H/c19-9-10-6-7-12(11-4-2-1-3-5-11)13(8-10)14-15-17-18-16-14;;/h1-9H,(H,15,16,17,18);;/q;+1;-1. The molecule has 1 aromatic heterocycles. The second-order valence-electron chi connectivity index (χ2n) is 4.02. The molecule has 3 rings (SSSR count). The molecule has 0 bridgehead atoms. The molecule has 1 heterocycles. The van der Waals surface area contributed by atoms with E-state index in [1.54, 1.807) is 12.1 Å². The molecule has 3 aromatic rings. The Bertz CT molecular complexity index is 704. The number of carbonyl (C=O) groups excluding carboxylic acids is 1. The first kappa shape index (κ1) is 14.2. The molecule has 0 radical (unpaired) electrons. The minimum atomic E-state index is 0. The van der Waals surface area contributed by atoms with E-state index in [-0.39, 0.29) is 20.3 Å². The van der Waals surface area contributed by atoms with Crippen LogP contribution in [0.3, 0.4) is 0 Å². The number of rotatable bonds is 3. The Labute approximate surface area is 129 Å². The van der Waals surface area contributed by atoms with Gasteiger partial charge in [-0.15, -0.1) is 10.2 Å². The van der Waals surface area contributed by atoms with Crippen LogP contribution in [0.25, 0.3) is 22.5 Å². The summed E-state index contributed by atoms with van der Waals surface area (Å²) in [5, 5.41) is 14.0. The first-order valence-corrected chi connectivity index (χ1v) is 5.77. The molecule has 0 saturated carbocycles. The molecule has 0 fully saturated rings. The fraction of sp³-hybridized carbons (Fsp3) is 0. The Hall–Kier alpha value is -2.22. The Morgan fingerprint density at radius 1 is 1.05 bits per heavy atom. The van der Waals surface area contributed by atoms with Crippen LogP contribution < -0.4 is 18.9 Å². The third kappa shape index (κ3) is 2.69. The molecule has 2 aromatic carbocycles. The SMILES string of the molecule is O=Cc1ccc(-c2ccccc2)c(-c2nn[nH]n2)c1.[H-].[Li+]. The van der Waals surface area contributed by atoms with E-state index in [9.17, 15) is 4.79 Å². The number of benzene rings is 2. The predicted molar refractivity (Wildman–Crippen MR) is 71.5 cm³/mol. The van der Waals surface area contributed by atoms with Gasteiger partial charge in [-0.05, 0) is 22.4 Å². The second-order valence-corrected chi connectivity index (χ2v) is 4.02. The van der Waals surface area contributed by atoms with E-state index in [1.807, 2.05) is 36.4 Å². The van der Waals surface area contributed by atoms with Crippen LogP contribution in [0.2, 0.25) is 0 Å². The van der Waals surface area contributed by atoms with Gasteiger partial charge in [0.05, 0.1) is 0 Å². The smallest absolute Gasteiger partial charge is 1.00 e. The van der Waals surface area contributed by atoms with Crippen molar-refractivity contribution in [2.45, 2.75) is 0 Å². The van der Waals surface area contributed by atoms with Crippen molar-refractivity contribution in [3.8, 4) is 22.5 Å². The van der Waals surface area contributed by atoms with E-state index in [0.29, 0.717) is 11.4 Å². The van der Waals surface area contributed by atoms with Crippen molar-refractivity contribution in [1.29, 1.82) is 0 Å². The number of carbonyl (C=O) groups is 1. The summed E-state index contributed by atoms with van der Waals surface area (Å²) in [5.74, 6) is 0.475. The van der Waals surface area contributed by atoms with Gasteiger partial charge >= 0.3 is 18.9 Å². The number of hydrogen-bond donors (Lipinski definition) is 1. The zero-order chi connectivity index (χ0) is 13.1. The maximum absolute atomic E-state index is 10.9. The van der Waals surface area contributed by atoms with Crippen molar-refractivity contribution in [2.75, 3.05) is 0 Å². The van der Waals surface area contributed by atoms with Crippen molar-refractivity contribution < 1.29 is 25.1 Å². The summed E-state index contributed by atoms with van der Waals surface area (Å²) >= 11 is 0. The Kier molecular flexibility index (Phi) is 4.46. The van der Waals surface area contributed by atoms with Gasteiger partial charge < -0.3 is 1.43 Å². The number of hydrogen-bond acceptors (Lipinski definition) is 4. The van der Waals surface area contributed by atoms with E-state index in [2.05, 4.69) is 20.6 Å². The minimum Gasteiger partial charge on any atom is -1.00 e. The normalized spacial score (nSPS) is 9.80. The Balaban J connectivity index is 0.00000110. The number of aromatic amines is 1. The third-order valence-electron chi connectivity index (χ3n) is 2.85. The van der Waals surface area contributed by atoms with Crippen LogP contribution in [0.15, 0.2) is 48.5 Å². The van der Waals surface area contributed by atoms with E-state index in [0.717, 1.165) is 23.0 Å². The van der Waals surface area contributed by atoms with Gasteiger partial charge in [-0.1, -0.05) is 42.5 Å². The van der Waals surface area contributed by atoms with Gasteiger partial charge in [0.25, 0.3) is 0 Å². The Morgan fingerprint density at radius 2 is 1.85 bits per heavy atom. The van der Waals surface area contributed by atoms with Gasteiger partial charge in [-0.3, -0.25) is 4.79 Å². The molecule has 0 spiro atoms. The maximum atomic E-state index is 10.9. The maximum Gasteiger partial charge on any atom is 1.00 e. The topological polar surface area (TPSA) is 71.5 Å². The molecule has 0 unspecified atom stereocenters. The van der Waals surface area contributed by atoms with Crippen LogP contribution in [0, 0.1) is 0 Å². The summed E-state index contributed by atoms with van der Waals surface area (Å²) in [6.45, 7) is 0. The summed E-state index contributed by atoms with van der Waals surface area (Å²) in [6, 6.07) is 15.3. The summed E-state index contributed by atoms with van der Waals surface area (Å²) in [6.07, 6.45) is 0.804. The van der Waals surface area contributed by atoms with Crippen LogP contribution in [0.5, 0.6) is 0 Å². The molecule has 94 valence electrons. The van der Waals surface area contributed by atoms with Crippen LogP contribution in [-0.2, 0) is 0 Å². The van der Waals surface area contributed by atoms with Crippen LogP contribution in [0.4, 0.5) is 0 Å². The predicted octanol–water partition coefficient (Wildman–Crippen LogP) is -0.537.